The molecule has 1 saturated heterocycles. The summed E-state index contributed by atoms with van der Waals surface area (Å²) in [4.78, 5) is 49.9. The number of imide groups is 1. The first-order valence-corrected chi connectivity index (χ1v) is 10.7. The molecule has 2 aliphatic rings. The molecule has 1 aromatic heterocycles. The minimum atomic E-state index is -0.588. The first-order valence-electron chi connectivity index (χ1n) is 10.7. The van der Waals surface area contributed by atoms with Gasteiger partial charge in [-0.1, -0.05) is 19.1 Å². The van der Waals surface area contributed by atoms with E-state index in [2.05, 4.69) is 22.2 Å². The zero-order valence-corrected chi connectivity index (χ0v) is 18.7. The van der Waals surface area contributed by atoms with E-state index in [-0.39, 0.29) is 12.0 Å². The van der Waals surface area contributed by atoms with E-state index in [9.17, 15) is 14.4 Å². The highest BCUT2D eigenvalue weighted by Gasteiger charge is 2.39. The molecular weight excluding hydrogens is 410 g/mol. The molecule has 0 aliphatic carbocycles. The lowest BCUT2D eigenvalue weighted by Crippen LogP contribution is -2.52. The maximum Gasteiger partial charge on any atom is 0.407 e. The molecule has 3 amide bonds. The van der Waals surface area contributed by atoms with Crippen LogP contribution in [0.4, 0.5) is 16.3 Å². The molecule has 2 aliphatic heterocycles. The topological polar surface area (TPSA) is 105 Å². The number of anilines is 2. The molecule has 1 N–H and O–H groups in total. The SMILES string of the molecule is C[C@@H]1C[C@H](NC(=O)OC(C)(C)C)CN(c2ncncc2N2C(=O)c3ccccc3C2=O)C1. The fraction of sp³-hybridized carbons (Fsp3) is 0.435. The van der Waals surface area contributed by atoms with Gasteiger partial charge in [0, 0.05) is 13.1 Å². The second-order valence-corrected chi connectivity index (χ2v) is 9.31. The number of carbonyl (C=O) groups is 3. The molecule has 0 unspecified atom stereocenters. The molecule has 0 saturated carbocycles. The van der Waals surface area contributed by atoms with E-state index in [0.717, 1.165) is 11.3 Å². The van der Waals surface area contributed by atoms with Crippen LogP contribution in [0.5, 0.6) is 0 Å². The summed E-state index contributed by atoms with van der Waals surface area (Å²) in [5.41, 5.74) is 0.478. The number of hydrogen-bond acceptors (Lipinski definition) is 7. The molecule has 1 aromatic carbocycles. The number of carbonyl (C=O) groups excluding carboxylic acids is 3. The highest BCUT2D eigenvalue weighted by atomic mass is 16.6. The van der Waals surface area contributed by atoms with Gasteiger partial charge in [-0.3, -0.25) is 9.59 Å². The summed E-state index contributed by atoms with van der Waals surface area (Å²) in [7, 11) is 0. The van der Waals surface area contributed by atoms with Crippen molar-refractivity contribution >= 4 is 29.4 Å². The van der Waals surface area contributed by atoms with Gasteiger partial charge in [0.25, 0.3) is 11.8 Å². The van der Waals surface area contributed by atoms with Gasteiger partial charge in [0.15, 0.2) is 5.82 Å². The fourth-order valence-corrected chi connectivity index (χ4v) is 4.23. The van der Waals surface area contributed by atoms with E-state index in [1.165, 1.54) is 12.5 Å². The number of piperidine rings is 1. The van der Waals surface area contributed by atoms with Crippen LogP contribution in [0.15, 0.2) is 36.8 Å². The van der Waals surface area contributed by atoms with E-state index >= 15 is 0 Å². The van der Waals surface area contributed by atoms with Crippen LogP contribution in [0.3, 0.4) is 0 Å². The van der Waals surface area contributed by atoms with Crippen molar-refractivity contribution in [2.24, 2.45) is 5.92 Å². The number of amides is 3. The molecule has 168 valence electrons. The Bertz CT molecular complexity index is 1030. The summed E-state index contributed by atoms with van der Waals surface area (Å²) in [6.07, 6.45) is 3.19. The Morgan fingerprint density at radius 3 is 2.41 bits per heavy atom. The second kappa shape index (κ2) is 8.22. The standard InChI is InChI=1S/C23H27N5O4/c1-14-9-15(26-22(31)32-23(2,3)4)12-27(11-14)19-18(10-24-13-25-19)28-20(29)16-7-5-6-8-17(16)21(28)30/h5-8,10,13-15H,9,11-12H2,1-4H3,(H,26,31)/t14-,15+/m1/s1. The van der Waals surface area contributed by atoms with Crippen molar-refractivity contribution in [2.75, 3.05) is 22.9 Å². The van der Waals surface area contributed by atoms with E-state index in [1.54, 1.807) is 24.3 Å². The summed E-state index contributed by atoms with van der Waals surface area (Å²) < 4.78 is 5.39. The molecule has 9 heteroatoms. The van der Waals surface area contributed by atoms with Gasteiger partial charge in [-0.25, -0.2) is 19.7 Å². The van der Waals surface area contributed by atoms with E-state index in [1.807, 2.05) is 25.7 Å². The Kier molecular flexibility index (Phi) is 5.58. The summed E-state index contributed by atoms with van der Waals surface area (Å²) in [5.74, 6) is -0.0593. The summed E-state index contributed by atoms with van der Waals surface area (Å²) >= 11 is 0. The van der Waals surface area contributed by atoms with Gasteiger partial charge < -0.3 is 15.0 Å². The number of nitrogens with one attached hydrogen (secondary N) is 1. The smallest absolute Gasteiger partial charge is 0.407 e. The van der Waals surface area contributed by atoms with Crippen molar-refractivity contribution in [1.29, 1.82) is 0 Å². The van der Waals surface area contributed by atoms with Gasteiger partial charge in [-0.2, -0.15) is 0 Å². The zero-order chi connectivity index (χ0) is 23.0. The minimum Gasteiger partial charge on any atom is -0.444 e. The van der Waals surface area contributed by atoms with Crippen molar-refractivity contribution in [2.45, 2.75) is 45.8 Å². The molecule has 0 radical (unpaired) electrons. The molecule has 0 spiro atoms. The fourth-order valence-electron chi connectivity index (χ4n) is 4.23. The van der Waals surface area contributed by atoms with Crippen molar-refractivity contribution in [3.63, 3.8) is 0 Å². The number of hydrogen-bond donors (Lipinski definition) is 1. The van der Waals surface area contributed by atoms with Crippen LogP contribution in [-0.2, 0) is 4.74 Å². The molecule has 2 aromatic rings. The average Bonchev–Trinajstić information content (AvgIpc) is 2.97. The van der Waals surface area contributed by atoms with Crippen LogP contribution in [0.2, 0.25) is 0 Å². The Morgan fingerprint density at radius 1 is 1.12 bits per heavy atom. The normalized spacial score (nSPS) is 20.9. The predicted molar refractivity (Wildman–Crippen MR) is 119 cm³/mol. The number of rotatable bonds is 3. The third-order valence-corrected chi connectivity index (χ3v) is 5.39. The van der Waals surface area contributed by atoms with Gasteiger partial charge in [0.05, 0.1) is 23.4 Å². The largest absolute Gasteiger partial charge is 0.444 e. The van der Waals surface area contributed by atoms with E-state index in [0.29, 0.717) is 35.7 Å². The Balaban J connectivity index is 1.59. The number of fused-ring (bicyclic) bond motifs is 1. The lowest BCUT2D eigenvalue weighted by atomic mass is 9.96. The summed E-state index contributed by atoms with van der Waals surface area (Å²) in [6, 6.07) is 6.58. The van der Waals surface area contributed by atoms with Gasteiger partial charge in [-0.15, -0.1) is 0 Å². The monoisotopic (exact) mass is 437 g/mol. The molecular formula is C23H27N5O4. The number of nitrogens with zero attached hydrogens (tertiary/aromatic N) is 4. The summed E-state index contributed by atoms with van der Waals surface area (Å²) in [5, 5.41) is 2.93. The van der Waals surface area contributed by atoms with Gasteiger partial charge in [0.2, 0.25) is 0 Å². The van der Waals surface area contributed by atoms with Crippen LogP contribution in [0, 0.1) is 5.92 Å². The van der Waals surface area contributed by atoms with Crippen LogP contribution in [-0.4, -0.2) is 52.6 Å². The molecule has 1 fully saturated rings. The van der Waals surface area contributed by atoms with Crippen molar-refractivity contribution in [3.8, 4) is 0 Å². The molecule has 0 bridgehead atoms. The third kappa shape index (κ3) is 4.28. The van der Waals surface area contributed by atoms with Crippen LogP contribution < -0.4 is 15.1 Å². The average molecular weight is 438 g/mol. The van der Waals surface area contributed by atoms with Crippen LogP contribution in [0.25, 0.3) is 0 Å². The quantitative estimate of drug-likeness (QED) is 0.736. The maximum absolute atomic E-state index is 13.0. The number of benzene rings is 1. The number of alkyl carbamates (subject to hydrolysis) is 1. The number of aromatic nitrogens is 2. The lowest BCUT2D eigenvalue weighted by molar-refractivity contribution is 0.0495. The van der Waals surface area contributed by atoms with Gasteiger partial charge >= 0.3 is 6.09 Å². The van der Waals surface area contributed by atoms with Gasteiger partial charge in [0.1, 0.15) is 17.6 Å². The van der Waals surface area contributed by atoms with E-state index < -0.39 is 23.5 Å². The Morgan fingerprint density at radius 2 is 1.78 bits per heavy atom. The first kappa shape index (κ1) is 21.7. The van der Waals surface area contributed by atoms with Crippen LogP contribution in [0.1, 0.15) is 54.8 Å². The Labute approximate surface area is 186 Å². The maximum atomic E-state index is 13.0. The van der Waals surface area contributed by atoms with Gasteiger partial charge in [-0.05, 0) is 45.2 Å². The van der Waals surface area contributed by atoms with Crippen LogP contribution >= 0.6 is 0 Å². The molecule has 3 heterocycles. The molecule has 32 heavy (non-hydrogen) atoms. The molecule has 4 rings (SSSR count). The number of ether oxygens (including phenoxy) is 1. The highest BCUT2D eigenvalue weighted by molar-refractivity contribution is 6.35. The Hall–Kier alpha value is -3.49. The van der Waals surface area contributed by atoms with Crippen molar-refractivity contribution in [3.05, 3.63) is 47.9 Å². The molecule has 2 atom stereocenters. The zero-order valence-electron chi connectivity index (χ0n) is 18.7. The van der Waals surface area contributed by atoms with E-state index in [4.69, 9.17) is 4.74 Å². The highest BCUT2D eigenvalue weighted by Crippen LogP contribution is 2.35. The lowest BCUT2D eigenvalue weighted by Gasteiger charge is -2.38. The van der Waals surface area contributed by atoms with Crippen molar-refractivity contribution < 1.29 is 19.1 Å². The first-order chi connectivity index (χ1) is 15.1. The molecule has 9 nitrogen and oxygen atoms in total. The summed E-state index contributed by atoms with van der Waals surface area (Å²) in [6.45, 7) is 8.67. The van der Waals surface area contributed by atoms with Crippen molar-refractivity contribution in [1.82, 2.24) is 15.3 Å². The third-order valence-electron chi connectivity index (χ3n) is 5.39. The second-order valence-electron chi connectivity index (χ2n) is 9.31. The predicted octanol–water partition coefficient (Wildman–Crippen LogP) is 3.02. The minimum absolute atomic E-state index is 0.168.